The summed E-state index contributed by atoms with van der Waals surface area (Å²) in [5.41, 5.74) is -0.297. The van der Waals surface area contributed by atoms with Crippen LogP contribution in [0.15, 0.2) is 0 Å². The van der Waals surface area contributed by atoms with Gasteiger partial charge in [-0.1, -0.05) is 13.1 Å². The number of hydrogen-bond acceptors (Lipinski definition) is 1. The fraction of sp³-hybridized carbons (Fsp3) is 1.00. The lowest BCUT2D eigenvalue weighted by atomic mass is 10.9. The highest BCUT2D eigenvalue weighted by Crippen LogP contribution is 2.11. The van der Waals surface area contributed by atoms with Crippen LogP contribution in [0.2, 0.25) is 13.1 Å². The Bertz CT molecular complexity index is 57.2. The van der Waals surface area contributed by atoms with Gasteiger partial charge in [0.1, 0.15) is 0 Å². The molecule has 0 aliphatic heterocycles. The predicted molar refractivity (Wildman–Crippen MR) is 35.0 cm³/mol. The number of halogens is 1. The van der Waals surface area contributed by atoms with Crippen LogP contribution >= 0.6 is 11.1 Å². The van der Waals surface area contributed by atoms with Crippen LogP contribution in [0.5, 0.6) is 0 Å². The van der Waals surface area contributed by atoms with E-state index in [-0.39, 0.29) is 5.73 Å². The van der Waals surface area contributed by atoms with Crippen molar-refractivity contribution in [3.05, 3.63) is 0 Å². The summed E-state index contributed by atoms with van der Waals surface area (Å²) in [4.78, 5) is 0. The molecule has 0 heterocycles. The minimum absolute atomic E-state index is 0.297. The smallest absolute Gasteiger partial charge is 0.179 e. The highest BCUT2D eigenvalue weighted by molar-refractivity contribution is 7.19. The Morgan fingerprint density at radius 2 is 1.71 bits per heavy atom. The van der Waals surface area contributed by atoms with Gasteiger partial charge < -0.3 is 5.11 Å². The van der Waals surface area contributed by atoms with Crippen LogP contribution in [0.25, 0.3) is 0 Å². The van der Waals surface area contributed by atoms with E-state index in [0.717, 1.165) is 0 Å². The molecule has 0 spiro atoms. The first-order valence-electron chi connectivity index (χ1n) is 2.31. The van der Waals surface area contributed by atoms with Crippen LogP contribution in [0.3, 0.4) is 0 Å². The zero-order valence-corrected chi connectivity index (χ0v) is 6.66. The molecule has 0 amide bonds. The van der Waals surface area contributed by atoms with Crippen molar-refractivity contribution in [3.63, 3.8) is 0 Å². The normalized spacial score (nSPS) is 16.7. The minimum atomic E-state index is -1.71. The quantitative estimate of drug-likeness (QED) is 0.429. The first-order chi connectivity index (χ1) is 2.94. The van der Waals surface area contributed by atoms with Crippen LogP contribution in [0, 0.1) is 0 Å². The van der Waals surface area contributed by atoms with Crippen LogP contribution in [0.1, 0.15) is 6.92 Å². The number of aliphatic hydroxyl groups is 1. The fourth-order valence-electron chi connectivity index (χ4n) is 0. The van der Waals surface area contributed by atoms with E-state index in [1.807, 2.05) is 13.1 Å². The van der Waals surface area contributed by atoms with Crippen LogP contribution in [-0.2, 0) is 0 Å². The third-order valence-corrected chi connectivity index (χ3v) is 3.93. The Morgan fingerprint density at radius 1 is 1.57 bits per heavy atom. The Balaban J connectivity index is 3.54. The summed E-state index contributed by atoms with van der Waals surface area (Å²) in [5, 5.41) is 8.82. The summed E-state index contributed by atoms with van der Waals surface area (Å²) in [6.07, 6.45) is 0. The summed E-state index contributed by atoms with van der Waals surface area (Å²) >= 11 is 5.76. The zero-order valence-electron chi connectivity index (χ0n) is 4.90. The van der Waals surface area contributed by atoms with E-state index >= 15 is 0 Å². The van der Waals surface area contributed by atoms with Gasteiger partial charge in [-0.2, -0.15) is 11.1 Å². The molecule has 0 saturated carbocycles. The lowest BCUT2D eigenvalue weighted by Gasteiger charge is -2.14. The van der Waals surface area contributed by atoms with Crippen molar-refractivity contribution < 1.29 is 5.11 Å². The molecule has 1 N–H and O–H groups in total. The van der Waals surface area contributed by atoms with E-state index in [2.05, 4.69) is 0 Å². The molecule has 0 aromatic heterocycles. The number of rotatable bonds is 1. The van der Waals surface area contributed by atoms with Crippen molar-refractivity contribution in [3.8, 4) is 0 Å². The van der Waals surface area contributed by atoms with E-state index < -0.39 is 7.38 Å². The predicted octanol–water partition coefficient (Wildman–Crippen LogP) is 1.35. The average Bonchev–Trinajstić information content (AvgIpc) is 1.31. The topological polar surface area (TPSA) is 20.2 Å². The second kappa shape index (κ2) is 2.16. The molecule has 0 rings (SSSR count). The summed E-state index contributed by atoms with van der Waals surface area (Å²) in [6, 6.07) is 0. The maximum Gasteiger partial charge on any atom is 0.179 e. The molecule has 0 radical (unpaired) electrons. The second-order valence-corrected chi connectivity index (χ2v) is 9.13. The molecule has 0 aliphatic rings. The molecule has 0 bridgehead atoms. The molecule has 0 saturated heterocycles. The van der Waals surface area contributed by atoms with Gasteiger partial charge in [0.15, 0.2) is 7.38 Å². The first-order valence-corrected chi connectivity index (χ1v) is 6.40. The molecule has 44 valence electrons. The van der Waals surface area contributed by atoms with Crippen LogP contribution in [0.4, 0.5) is 0 Å². The lowest BCUT2D eigenvalue weighted by Crippen LogP contribution is -2.32. The molecule has 0 aliphatic carbocycles. The largest absolute Gasteiger partial charge is 0.395 e. The van der Waals surface area contributed by atoms with E-state index in [1.165, 1.54) is 0 Å². The second-order valence-electron chi connectivity index (χ2n) is 2.24. The minimum Gasteiger partial charge on any atom is -0.395 e. The maximum atomic E-state index is 8.82. The van der Waals surface area contributed by atoms with Gasteiger partial charge in [-0.05, 0) is 6.92 Å². The van der Waals surface area contributed by atoms with Gasteiger partial charge in [0.05, 0.1) is 5.73 Å². The van der Waals surface area contributed by atoms with Crippen molar-refractivity contribution in [1.29, 1.82) is 0 Å². The Morgan fingerprint density at radius 3 is 1.71 bits per heavy atom. The van der Waals surface area contributed by atoms with Gasteiger partial charge in [0, 0.05) is 0 Å². The van der Waals surface area contributed by atoms with Gasteiger partial charge in [-0.25, -0.2) is 0 Å². The Labute approximate surface area is 50.0 Å². The van der Waals surface area contributed by atoms with E-state index in [1.54, 1.807) is 6.92 Å². The highest BCUT2D eigenvalue weighted by atomic mass is 35.6. The third-order valence-electron chi connectivity index (χ3n) is 0.993. The van der Waals surface area contributed by atoms with Crippen molar-refractivity contribution >= 4 is 18.5 Å². The van der Waals surface area contributed by atoms with Crippen molar-refractivity contribution in [1.82, 2.24) is 0 Å². The maximum absolute atomic E-state index is 8.82. The molecular formula is C4H11ClOSi. The standard InChI is InChI=1S/C4H11ClOSi/c1-4(6)7(2,3)5/h4,6H,1-3H3. The molecule has 3 heteroatoms. The number of hydrogen-bond donors (Lipinski definition) is 1. The molecule has 1 nitrogen and oxygen atoms in total. The molecule has 0 fully saturated rings. The van der Waals surface area contributed by atoms with Gasteiger partial charge >= 0.3 is 0 Å². The molecule has 1 unspecified atom stereocenters. The van der Waals surface area contributed by atoms with Crippen LogP contribution < -0.4 is 0 Å². The van der Waals surface area contributed by atoms with E-state index in [4.69, 9.17) is 16.2 Å². The van der Waals surface area contributed by atoms with Gasteiger partial charge in [0.2, 0.25) is 0 Å². The molecule has 0 aromatic carbocycles. The van der Waals surface area contributed by atoms with Gasteiger partial charge in [-0.15, -0.1) is 0 Å². The zero-order chi connectivity index (χ0) is 6.08. The van der Waals surface area contributed by atoms with Gasteiger partial charge in [-0.3, -0.25) is 0 Å². The molecular weight excluding hydrogens is 128 g/mol. The average molecular weight is 139 g/mol. The molecule has 1 atom stereocenters. The van der Waals surface area contributed by atoms with E-state index in [0.29, 0.717) is 0 Å². The van der Waals surface area contributed by atoms with E-state index in [9.17, 15) is 0 Å². The summed E-state index contributed by atoms with van der Waals surface area (Å²) in [6.45, 7) is 5.57. The van der Waals surface area contributed by atoms with Crippen molar-refractivity contribution in [2.75, 3.05) is 0 Å². The van der Waals surface area contributed by atoms with Crippen LogP contribution in [-0.4, -0.2) is 18.2 Å². The SMILES string of the molecule is CC(O)[Si](C)(C)Cl. The molecule has 7 heavy (non-hydrogen) atoms. The summed E-state index contributed by atoms with van der Waals surface area (Å²) in [5.74, 6) is 0. The first kappa shape index (κ1) is 7.47. The van der Waals surface area contributed by atoms with Crippen molar-refractivity contribution in [2.45, 2.75) is 25.7 Å². The third kappa shape index (κ3) is 3.09. The number of aliphatic hydroxyl groups excluding tert-OH is 1. The molecule has 0 aromatic rings. The summed E-state index contributed by atoms with van der Waals surface area (Å²) in [7, 11) is -1.71. The summed E-state index contributed by atoms with van der Waals surface area (Å²) < 4.78 is 0. The fourth-order valence-corrected chi connectivity index (χ4v) is 0. The lowest BCUT2D eigenvalue weighted by molar-refractivity contribution is 0.267. The Kier molecular flexibility index (Phi) is 2.30. The monoisotopic (exact) mass is 138 g/mol. The Hall–Kier alpha value is 0.467. The van der Waals surface area contributed by atoms with Crippen molar-refractivity contribution in [2.24, 2.45) is 0 Å². The highest BCUT2D eigenvalue weighted by Gasteiger charge is 2.23. The van der Waals surface area contributed by atoms with Gasteiger partial charge in [0.25, 0.3) is 0 Å².